The lowest BCUT2D eigenvalue weighted by atomic mass is 10.0. The van der Waals surface area contributed by atoms with E-state index in [0.29, 0.717) is 44.4 Å². The Morgan fingerprint density at radius 3 is 2.23 bits per heavy atom. The molecule has 1 unspecified atom stereocenters. The predicted molar refractivity (Wildman–Crippen MR) is 114 cm³/mol. The Bertz CT molecular complexity index is 536. The summed E-state index contributed by atoms with van der Waals surface area (Å²) in [5.41, 5.74) is 8.04. The van der Waals surface area contributed by atoms with Crippen molar-refractivity contribution in [1.82, 2.24) is 4.90 Å². The third kappa shape index (κ3) is 7.03. The molecule has 0 saturated carbocycles. The second-order valence-electron chi connectivity index (χ2n) is 5.69. The van der Waals surface area contributed by atoms with Crippen molar-refractivity contribution in [1.29, 1.82) is 0 Å². The van der Waals surface area contributed by atoms with Crippen molar-refractivity contribution in [3.8, 4) is 5.75 Å². The standard InChI is InChI=1S/C18H29Cl2N3O2.ClH/c1-4-22(5-2)18(24)15(21)12-14-6-7-17(25-3)16(13-14)23(10-8-19)11-9-20;/h6-7,13,15H,4-5,8-12,21H2,1-3H3;1H. The molecular weight excluding hydrogens is 397 g/mol. The first-order valence-corrected chi connectivity index (χ1v) is 9.67. The molecular formula is C18H30Cl3N3O2. The van der Waals surface area contributed by atoms with Crippen LogP contribution in [-0.4, -0.2) is 61.9 Å². The quantitative estimate of drug-likeness (QED) is 0.552. The Kier molecular flexibility index (Phi) is 12.9. The van der Waals surface area contributed by atoms with E-state index in [9.17, 15) is 4.79 Å². The molecule has 1 aromatic carbocycles. The number of nitrogens with two attached hydrogens (primary N) is 1. The van der Waals surface area contributed by atoms with Gasteiger partial charge in [0.1, 0.15) is 5.75 Å². The lowest BCUT2D eigenvalue weighted by molar-refractivity contribution is -0.132. The molecule has 8 heteroatoms. The van der Waals surface area contributed by atoms with Crippen LogP contribution in [0.4, 0.5) is 5.69 Å². The van der Waals surface area contributed by atoms with Gasteiger partial charge in [-0.05, 0) is 38.0 Å². The number of halogens is 3. The van der Waals surface area contributed by atoms with E-state index >= 15 is 0 Å². The van der Waals surface area contributed by atoms with E-state index < -0.39 is 6.04 Å². The minimum absolute atomic E-state index is 0. The number of anilines is 1. The smallest absolute Gasteiger partial charge is 0.239 e. The van der Waals surface area contributed by atoms with Crippen LogP contribution in [0.2, 0.25) is 0 Å². The fraction of sp³-hybridized carbons (Fsp3) is 0.611. The normalized spacial score (nSPS) is 11.5. The van der Waals surface area contributed by atoms with Gasteiger partial charge in [-0.25, -0.2) is 0 Å². The Morgan fingerprint density at radius 2 is 1.77 bits per heavy atom. The Hall–Kier alpha value is -0.880. The van der Waals surface area contributed by atoms with Crippen LogP contribution in [0.1, 0.15) is 19.4 Å². The van der Waals surface area contributed by atoms with Crippen molar-refractivity contribution in [2.45, 2.75) is 26.3 Å². The van der Waals surface area contributed by atoms with Gasteiger partial charge in [-0.15, -0.1) is 35.6 Å². The summed E-state index contributed by atoms with van der Waals surface area (Å²) in [6.07, 6.45) is 0.474. The monoisotopic (exact) mass is 425 g/mol. The summed E-state index contributed by atoms with van der Waals surface area (Å²) in [4.78, 5) is 16.2. The topological polar surface area (TPSA) is 58.8 Å². The summed E-state index contributed by atoms with van der Waals surface area (Å²) in [5, 5.41) is 0. The van der Waals surface area contributed by atoms with Crippen LogP contribution in [0.15, 0.2) is 18.2 Å². The molecule has 0 radical (unpaired) electrons. The molecule has 1 aromatic rings. The summed E-state index contributed by atoms with van der Waals surface area (Å²) >= 11 is 11.8. The highest BCUT2D eigenvalue weighted by Crippen LogP contribution is 2.30. The molecule has 0 heterocycles. The zero-order valence-electron chi connectivity index (χ0n) is 15.7. The van der Waals surface area contributed by atoms with Gasteiger partial charge in [0, 0.05) is 37.9 Å². The van der Waals surface area contributed by atoms with Crippen LogP contribution in [0.3, 0.4) is 0 Å². The largest absolute Gasteiger partial charge is 0.495 e. The number of carbonyl (C=O) groups excluding carboxylic acids is 1. The van der Waals surface area contributed by atoms with Crippen LogP contribution >= 0.6 is 35.6 Å². The van der Waals surface area contributed by atoms with E-state index in [4.69, 9.17) is 33.7 Å². The number of hydrogen-bond acceptors (Lipinski definition) is 4. The highest BCUT2D eigenvalue weighted by molar-refractivity contribution is 6.18. The van der Waals surface area contributed by atoms with E-state index in [1.54, 1.807) is 12.0 Å². The minimum Gasteiger partial charge on any atom is -0.495 e. The van der Waals surface area contributed by atoms with Crippen molar-refractivity contribution in [3.63, 3.8) is 0 Å². The maximum Gasteiger partial charge on any atom is 0.239 e. The van der Waals surface area contributed by atoms with Crippen LogP contribution in [0.25, 0.3) is 0 Å². The van der Waals surface area contributed by atoms with Gasteiger partial charge < -0.3 is 20.3 Å². The molecule has 0 fully saturated rings. The second-order valence-corrected chi connectivity index (χ2v) is 6.45. The molecule has 26 heavy (non-hydrogen) atoms. The predicted octanol–water partition coefficient (Wildman–Crippen LogP) is 3.14. The highest BCUT2D eigenvalue weighted by Gasteiger charge is 2.20. The van der Waals surface area contributed by atoms with Crippen molar-refractivity contribution < 1.29 is 9.53 Å². The van der Waals surface area contributed by atoms with Gasteiger partial charge in [-0.3, -0.25) is 4.79 Å². The summed E-state index contributed by atoms with van der Waals surface area (Å²) < 4.78 is 5.47. The van der Waals surface area contributed by atoms with E-state index in [2.05, 4.69) is 4.90 Å². The number of amides is 1. The average Bonchev–Trinajstić information content (AvgIpc) is 2.62. The molecule has 1 atom stereocenters. The second kappa shape index (κ2) is 13.3. The molecule has 0 saturated heterocycles. The SMILES string of the molecule is CCN(CC)C(=O)C(N)Cc1ccc(OC)c(N(CCCl)CCCl)c1.Cl. The van der Waals surface area contributed by atoms with Crippen LogP contribution in [0.5, 0.6) is 5.75 Å². The molecule has 1 amide bonds. The Morgan fingerprint density at radius 1 is 1.19 bits per heavy atom. The molecule has 0 aliphatic rings. The molecule has 0 bridgehead atoms. The van der Waals surface area contributed by atoms with Crippen molar-refractivity contribution in [2.24, 2.45) is 5.73 Å². The zero-order valence-corrected chi connectivity index (χ0v) is 18.0. The Balaban J connectivity index is 0.00000625. The number of rotatable bonds is 11. The molecule has 5 nitrogen and oxygen atoms in total. The lowest BCUT2D eigenvalue weighted by Crippen LogP contribution is -2.44. The van der Waals surface area contributed by atoms with Crippen LogP contribution in [-0.2, 0) is 11.2 Å². The summed E-state index contributed by atoms with van der Waals surface area (Å²) in [5.74, 6) is 1.71. The number of likely N-dealkylation sites (N-methyl/N-ethyl adjacent to an activating group) is 1. The van der Waals surface area contributed by atoms with Gasteiger partial charge in [0.05, 0.1) is 18.8 Å². The molecule has 150 valence electrons. The zero-order chi connectivity index (χ0) is 18.8. The molecule has 0 aromatic heterocycles. The number of alkyl halides is 2. The van der Waals surface area contributed by atoms with E-state index in [1.807, 2.05) is 32.0 Å². The van der Waals surface area contributed by atoms with Crippen molar-refractivity contribution >= 4 is 47.2 Å². The van der Waals surface area contributed by atoms with Crippen LogP contribution < -0.4 is 15.4 Å². The third-order valence-corrected chi connectivity index (χ3v) is 4.48. The number of nitrogens with zero attached hydrogens (tertiary/aromatic N) is 2. The highest BCUT2D eigenvalue weighted by atomic mass is 35.5. The average molecular weight is 427 g/mol. The maximum atomic E-state index is 12.4. The number of benzene rings is 1. The molecule has 0 aliphatic heterocycles. The molecule has 0 spiro atoms. The van der Waals surface area contributed by atoms with Gasteiger partial charge in [0.2, 0.25) is 5.91 Å². The molecule has 1 rings (SSSR count). The number of carbonyl (C=O) groups is 1. The first-order chi connectivity index (χ1) is 12.0. The first-order valence-electron chi connectivity index (χ1n) is 8.60. The maximum absolute atomic E-state index is 12.4. The molecule has 0 aliphatic carbocycles. The third-order valence-electron chi connectivity index (χ3n) is 4.14. The lowest BCUT2D eigenvalue weighted by Gasteiger charge is -2.26. The fourth-order valence-corrected chi connectivity index (χ4v) is 3.19. The van der Waals surface area contributed by atoms with Gasteiger partial charge in [0.25, 0.3) is 0 Å². The van der Waals surface area contributed by atoms with Gasteiger partial charge in [0.15, 0.2) is 0 Å². The first kappa shape index (κ1) is 25.1. The van der Waals surface area contributed by atoms with Crippen molar-refractivity contribution in [3.05, 3.63) is 23.8 Å². The van der Waals surface area contributed by atoms with E-state index in [-0.39, 0.29) is 18.3 Å². The summed E-state index contributed by atoms with van der Waals surface area (Å²) in [7, 11) is 1.63. The van der Waals surface area contributed by atoms with Crippen LogP contribution in [0, 0.1) is 0 Å². The van der Waals surface area contributed by atoms with Gasteiger partial charge in [-0.2, -0.15) is 0 Å². The van der Waals surface area contributed by atoms with E-state index in [1.165, 1.54) is 0 Å². The summed E-state index contributed by atoms with van der Waals surface area (Å²) in [6, 6.07) is 5.29. The fourth-order valence-electron chi connectivity index (χ4n) is 2.78. The van der Waals surface area contributed by atoms with E-state index in [0.717, 1.165) is 17.0 Å². The molecule has 2 N–H and O–H groups in total. The number of methoxy groups -OCH3 is 1. The Labute approximate surface area is 173 Å². The van der Waals surface area contributed by atoms with Gasteiger partial charge >= 0.3 is 0 Å². The minimum atomic E-state index is -0.560. The van der Waals surface area contributed by atoms with Crippen molar-refractivity contribution in [2.75, 3.05) is 49.9 Å². The number of ether oxygens (including phenoxy) is 1. The van der Waals surface area contributed by atoms with Gasteiger partial charge in [-0.1, -0.05) is 6.07 Å². The number of hydrogen-bond donors (Lipinski definition) is 1. The summed E-state index contributed by atoms with van der Waals surface area (Å²) in [6.45, 7) is 6.56.